The monoisotopic (exact) mass is 356 g/mol. The van der Waals surface area contributed by atoms with Crippen LogP contribution >= 0.6 is 11.6 Å². The Morgan fingerprint density at radius 2 is 1.96 bits per heavy atom. The molecule has 1 aliphatic heterocycles. The van der Waals surface area contributed by atoms with E-state index in [2.05, 4.69) is 5.32 Å². The molecule has 1 fully saturated rings. The third-order valence-corrected chi connectivity index (χ3v) is 5.09. The molecule has 130 valence electrons. The van der Waals surface area contributed by atoms with Crippen LogP contribution in [-0.2, 0) is 9.59 Å². The van der Waals surface area contributed by atoms with Crippen LogP contribution in [0, 0.1) is 26.7 Å². The zero-order chi connectivity index (χ0) is 18.1. The standard InChI is InChI=1S/C20H21ClN2O2/c1-12-7-8-13(2)17(9-12)22-20(25)15-10-19(24)23(11-15)18-6-4-5-16(21)14(18)3/h4-9,15H,10-11H2,1-3H3,(H,22,25)/t15-/m1/s1. The molecule has 5 heteroatoms. The van der Waals surface area contributed by atoms with Crippen LogP contribution in [0.15, 0.2) is 36.4 Å². The summed E-state index contributed by atoms with van der Waals surface area (Å²) >= 11 is 6.16. The Labute approximate surface area is 152 Å². The number of carbonyl (C=O) groups excluding carboxylic acids is 2. The topological polar surface area (TPSA) is 49.4 Å². The zero-order valence-electron chi connectivity index (χ0n) is 14.6. The first-order chi connectivity index (χ1) is 11.9. The normalized spacial score (nSPS) is 17.0. The van der Waals surface area contributed by atoms with E-state index in [-0.39, 0.29) is 24.2 Å². The number of anilines is 2. The third-order valence-electron chi connectivity index (χ3n) is 4.68. The minimum absolute atomic E-state index is 0.0496. The van der Waals surface area contributed by atoms with Crippen LogP contribution in [0.25, 0.3) is 0 Å². The predicted molar refractivity (Wildman–Crippen MR) is 101 cm³/mol. The van der Waals surface area contributed by atoms with Gasteiger partial charge in [0.2, 0.25) is 11.8 Å². The molecule has 0 bridgehead atoms. The van der Waals surface area contributed by atoms with Gasteiger partial charge in [0.05, 0.1) is 5.92 Å². The van der Waals surface area contributed by atoms with Crippen molar-refractivity contribution in [2.24, 2.45) is 5.92 Å². The first-order valence-electron chi connectivity index (χ1n) is 8.30. The summed E-state index contributed by atoms with van der Waals surface area (Å²) in [6.07, 6.45) is 0.211. The van der Waals surface area contributed by atoms with Gasteiger partial charge >= 0.3 is 0 Å². The SMILES string of the molecule is Cc1ccc(C)c(NC(=O)[C@@H]2CC(=O)N(c3cccc(Cl)c3C)C2)c1. The molecule has 0 spiro atoms. The lowest BCUT2D eigenvalue weighted by Crippen LogP contribution is -2.28. The first-order valence-corrected chi connectivity index (χ1v) is 8.68. The van der Waals surface area contributed by atoms with E-state index in [0.29, 0.717) is 11.6 Å². The maximum absolute atomic E-state index is 12.6. The maximum Gasteiger partial charge on any atom is 0.229 e. The van der Waals surface area contributed by atoms with E-state index in [0.717, 1.165) is 28.1 Å². The summed E-state index contributed by atoms with van der Waals surface area (Å²) in [5.41, 5.74) is 4.52. The van der Waals surface area contributed by atoms with Crippen molar-refractivity contribution in [1.29, 1.82) is 0 Å². The highest BCUT2D eigenvalue weighted by Gasteiger charge is 2.36. The maximum atomic E-state index is 12.6. The van der Waals surface area contributed by atoms with E-state index in [1.165, 1.54) is 0 Å². The molecular formula is C20H21ClN2O2. The van der Waals surface area contributed by atoms with Gasteiger partial charge in [-0.15, -0.1) is 0 Å². The van der Waals surface area contributed by atoms with Crippen LogP contribution < -0.4 is 10.2 Å². The molecule has 2 amide bonds. The molecule has 1 aliphatic rings. The number of aryl methyl sites for hydroxylation is 2. The van der Waals surface area contributed by atoms with E-state index in [9.17, 15) is 9.59 Å². The number of hydrogen-bond acceptors (Lipinski definition) is 2. The summed E-state index contributed by atoms with van der Waals surface area (Å²) in [4.78, 5) is 26.7. The molecule has 0 saturated carbocycles. The Hall–Kier alpha value is -2.33. The highest BCUT2D eigenvalue weighted by Crippen LogP contribution is 2.32. The van der Waals surface area contributed by atoms with Gasteiger partial charge in [0, 0.05) is 29.4 Å². The van der Waals surface area contributed by atoms with Gasteiger partial charge in [-0.3, -0.25) is 9.59 Å². The van der Waals surface area contributed by atoms with E-state index in [1.807, 2.05) is 51.1 Å². The number of nitrogens with zero attached hydrogens (tertiary/aromatic N) is 1. The fraction of sp³-hybridized carbons (Fsp3) is 0.300. The molecule has 1 N–H and O–H groups in total. The lowest BCUT2D eigenvalue weighted by molar-refractivity contribution is -0.122. The molecular weight excluding hydrogens is 336 g/mol. The predicted octanol–water partition coefficient (Wildman–Crippen LogP) is 4.26. The first kappa shape index (κ1) is 17.5. The molecule has 0 radical (unpaired) electrons. The Bertz CT molecular complexity index is 848. The highest BCUT2D eigenvalue weighted by molar-refractivity contribution is 6.31. The summed E-state index contributed by atoms with van der Waals surface area (Å²) in [6, 6.07) is 11.4. The molecule has 1 atom stereocenters. The second kappa shape index (κ2) is 6.89. The fourth-order valence-corrected chi connectivity index (χ4v) is 3.28. The Morgan fingerprint density at radius 3 is 2.72 bits per heavy atom. The van der Waals surface area contributed by atoms with Gasteiger partial charge in [0.25, 0.3) is 0 Å². The van der Waals surface area contributed by atoms with Crippen molar-refractivity contribution in [1.82, 2.24) is 0 Å². The zero-order valence-corrected chi connectivity index (χ0v) is 15.4. The molecule has 25 heavy (non-hydrogen) atoms. The van der Waals surface area contributed by atoms with Crippen LogP contribution in [-0.4, -0.2) is 18.4 Å². The van der Waals surface area contributed by atoms with Crippen LogP contribution in [0.4, 0.5) is 11.4 Å². The van der Waals surface area contributed by atoms with Crippen molar-refractivity contribution >= 4 is 34.8 Å². The number of halogens is 1. The summed E-state index contributed by atoms with van der Waals surface area (Å²) in [6.45, 7) is 6.19. The van der Waals surface area contributed by atoms with Crippen molar-refractivity contribution in [3.63, 3.8) is 0 Å². The summed E-state index contributed by atoms with van der Waals surface area (Å²) in [5.74, 6) is -0.540. The third kappa shape index (κ3) is 3.54. The highest BCUT2D eigenvalue weighted by atomic mass is 35.5. The molecule has 2 aromatic carbocycles. The molecule has 4 nitrogen and oxygen atoms in total. The fourth-order valence-electron chi connectivity index (χ4n) is 3.11. The Kier molecular flexibility index (Phi) is 4.82. The van der Waals surface area contributed by atoms with Gasteiger partial charge in [0.1, 0.15) is 0 Å². The Morgan fingerprint density at radius 1 is 1.20 bits per heavy atom. The van der Waals surface area contributed by atoms with E-state index >= 15 is 0 Å². The van der Waals surface area contributed by atoms with Crippen molar-refractivity contribution in [3.8, 4) is 0 Å². The number of rotatable bonds is 3. The average Bonchev–Trinajstić information content (AvgIpc) is 2.95. The average molecular weight is 357 g/mol. The van der Waals surface area contributed by atoms with Crippen molar-refractivity contribution in [3.05, 3.63) is 58.1 Å². The number of carbonyl (C=O) groups is 2. The van der Waals surface area contributed by atoms with Crippen LogP contribution in [0.3, 0.4) is 0 Å². The number of nitrogens with one attached hydrogen (secondary N) is 1. The second-order valence-electron chi connectivity index (χ2n) is 6.60. The summed E-state index contributed by atoms with van der Waals surface area (Å²) < 4.78 is 0. The Balaban J connectivity index is 1.77. The van der Waals surface area contributed by atoms with Gasteiger partial charge in [-0.2, -0.15) is 0 Å². The van der Waals surface area contributed by atoms with Crippen molar-refractivity contribution < 1.29 is 9.59 Å². The van der Waals surface area contributed by atoms with E-state index < -0.39 is 0 Å². The van der Waals surface area contributed by atoms with Gasteiger partial charge in [-0.05, 0) is 55.7 Å². The summed E-state index contributed by atoms with van der Waals surface area (Å²) in [7, 11) is 0. The van der Waals surface area contributed by atoms with Gasteiger partial charge in [-0.1, -0.05) is 29.8 Å². The number of benzene rings is 2. The molecule has 3 rings (SSSR count). The molecule has 0 unspecified atom stereocenters. The van der Waals surface area contributed by atoms with Gasteiger partial charge in [0.15, 0.2) is 0 Å². The van der Waals surface area contributed by atoms with Crippen molar-refractivity contribution in [2.75, 3.05) is 16.8 Å². The van der Waals surface area contributed by atoms with Gasteiger partial charge < -0.3 is 10.2 Å². The molecule has 0 aliphatic carbocycles. The largest absolute Gasteiger partial charge is 0.326 e. The minimum Gasteiger partial charge on any atom is -0.326 e. The number of amides is 2. The van der Waals surface area contributed by atoms with Crippen LogP contribution in [0.2, 0.25) is 5.02 Å². The molecule has 0 aromatic heterocycles. The number of hydrogen-bond donors (Lipinski definition) is 1. The van der Waals surface area contributed by atoms with E-state index in [1.54, 1.807) is 11.0 Å². The quantitative estimate of drug-likeness (QED) is 0.893. The second-order valence-corrected chi connectivity index (χ2v) is 7.00. The van der Waals surface area contributed by atoms with Crippen molar-refractivity contribution in [2.45, 2.75) is 27.2 Å². The minimum atomic E-state index is -0.370. The molecule has 2 aromatic rings. The molecule has 1 heterocycles. The molecule has 1 saturated heterocycles. The lowest BCUT2D eigenvalue weighted by Gasteiger charge is -2.20. The van der Waals surface area contributed by atoms with Crippen LogP contribution in [0.1, 0.15) is 23.1 Å². The van der Waals surface area contributed by atoms with E-state index in [4.69, 9.17) is 11.6 Å². The van der Waals surface area contributed by atoms with Crippen LogP contribution in [0.5, 0.6) is 0 Å². The smallest absolute Gasteiger partial charge is 0.229 e. The van der Waals surface area contributed by atoms with Gasteiger partial charge in [-0.25, -0.2) is 0 Å². The summed E-state index contributed by atoms with van der Waals surface area (Å²) in [5, 5.41) is 3.59. The lowest BCUT2D eigenvalue weighted by atomic mass is 10.1.